The van der Waals surface area contributed by atoms with Crippen LogP contribution >= 0.6 is 0 Å². The van der Waals surface area contributed by atoms with Crippen LogP contribution in [0.25, 0.3) is 21.9 Å². The highest BCUT2D eigenvalue weighted by Crippen LogP contribution is 2.29. The zero-order valence-electron chi connectivity index (χ0n) is 22.4. The molecule has 11 heteroatoms. The number of rotatable bonds is 11. The first kappa shape index (κ1) is 28.2. The number of hydrogen-bond acceptors (Lipinski definition) is 9. The summed E-state index contributed by atoms with van der Waals surface area (Å²) < 4.78 is 2.32. The molecule has 40 heavy (non-hydrogen) atoms. The van der Waals surface area contributed by atoms with Crippen molar-refractivity contribution in [2.24, 2.45) is 0 Å². The third-order valence-electron chi connectivity index (χ3n) is 6.36. The number of carboxylic acids is 1. The van der Waals surface area contributed by atoms with E-state index in [9.17, 15) is 9.59 Å². The number of aryl methyl sites for hydroxylation is 2. The first-order valence-corrected chi connectivity index (χ1v) is 13.3. The topological polar surface area (TPSA) is 163 Å². The predicted molar refractivity (Wildman–Crippen MR) is 154 cm³/mol. The highest BCUT2D eigenvalue weighted by Gasteiger charge is 2.17. The molecular weight excluding hydrogens is 508 g/mol. The van der Waals surface area contributed by atoms with Gasteiger partial charge in [0.2, 0.25) is 0 Å². The highest BCUT2D eigenvalue weighted by atomic mass is 16.4. The molecule has 4 heterocycles. The highest BCUT2D eigenvalue weighted by molar-refractivity contribution is 6.06. The fourth-order valence-corrected chi connectivity index (χ4v) is 4.38. The SMILES string of the molecule is CCCCc1nc2c(N)nc3ccccc3c2n1CCCCCC(=O)c1cnccn1.O=C(O)c1cnccn1.[2HH]. The molecular formula is C29H34N8O3. The van der Waals surface area contributed by atoms with Gasteiger partial charge in [-0.2, -0.15) is 0 Å². The van der Waals surface area contributed by atoms with Crippen molar-refractivity contribution >= 4 is 39.5 Å². The molecule has 0 spiro atoms. The van der Waals surface area contributed by atoms with Crippen LogP contribution in [0.4, 0.5) is 5.82 Å². The second-order valence-electron chi connectivity index (χ2n) is 9.21. The smallest absolute Gasteiger partial charge is 0.356 e. The lowest BCUT2D eigenvalue weighted by Gasteiger charge is -2.11. The number of aromatic carboxylic acids is 1. The number of imidazole rings is 1. The molecule has 0 aliphatic heterocycles. The van der Waals surface area contributed by atoms with Crippen molar-refractivity contribution < 1.29 is 16.1 Å². The monoisotopic (exact) mass is 543 g/mol. The van der Waals surface area contributed by atoms with Gasteiger partial charge in [0.1, 0.15) is 17.0 Å². The van der Waals surface area contributed by atoms with Crippen LogP contribution in [0, 0.1) is 0 Å². The van der Waals surface area contributed by atoms with Gasteiger partial charge in [0.05, 0.1) is 23.4 Å². The second-order valence-corrected chi connectivity index (χ2v) is 9.21. The molecule has 0 aliphatic rings. The van der Waals surface area contributed by atoms with Crippen molar-refractivity contribution in [3.8, 4) is 0 Å². The van der Waals surface area contributed by atoms with Crippen molar-refractivity contribution in [1.82, 2.24) is 34.5 Å². The van der Waals surface area contributed by atoms with Gasteiger partial charge in [0, 0.05) is 51.0 Å². The van der Waals surface area contributed by atoms with E-state index in [1.165, 1.54) is 24.8 Å². The van der Waals surface area contributed by atoms with E-state index in [1.807, 2.05) is 18.2 Å². The van der Waals surface area contributed by atoms with E-state index in [1.54, 1.807) is 12.4 Å². The van der Waals surface area contributed by atoms with Crippen LogP contribution in [-0.2, 0) is 13.0 Å². The van der Waals surface area contributed by atoms with E-state index in [2.05, 4.69) is 42.5 Å². The lowest BCUT2D eigenvalue weighted by atomic mass is 10.1. The molecule has 11 nitrogen and oxygen atoms in total. The Labute approximate surface area is 233 Å². The average Bonchev–Trinajstić information content (AvgIpc) is 3.36. The largest absolute Gasteiger partial charge is 0.476 e. The minimum atomic E-state index is -1.05. The molecule has 0 saturated heterocycles. The predicted octanol–water partition coefficient (Wildman–Crippen LogP) is 5.16. The van der Waals surface area contributed by atoms with Crippen LogP contribution in [-0.4, -0.2) is 51.3 Å². The Morgan fingerprint density at radius 2 is 1.65 bits per heavy atom. The number of carboxylic acid groups (broad SMARTS) is 1. The standard InChI is InChI=1S/C24H28N6O.C5H4N2O2.H2/c1-2-3-12-21-29-22-23(17-9-6-7-10-18(17)28-24(22)25)30(21)15-8-4-5-11-20(31)19-16-26-13-14-27-19;8-5(9)4-3-6-1-2-7-4;/h6-7,9-10,13-14,16H,2-5,8,11-12,15H2,1H3,(H2,25,28);1-3H,(H,8,9);1H/i;;1+1. The summed E-state index contributed by atoms with van der Waals surface area (Å²) in [5.74, 6) is 0.551. The quantitative estimate of drug-likeness (QED) is 0.168. The number of nitrogen functional groups attached to an aromatic ring is 1. The molecule has 3 N–H and O–H groups in total. The van der Waals surface area contributed by atoms with Gasteiger partial charge in [-0.3, -0.25) is 14.8 Å². The normalized spacial score (nSPS) is 10.8. The van der Waals surface area contributed by atoms with Crippen LogP contribution in [0.3, 0.4) is 0 Å². The minimum absolute atomic E-state index is 0. The van der Waals surface area contributed by atoms with Gasteiger partial charge >= 0.3 is 5.97 Å². The molecule has 0 aliphatic carbocycles. The van der Waals surface area contributed by atoms with Crippen molar-refractivity contribution in [2.75, 3.05) is 5.73 Å². The fraction of sp³-hybridized carbons (Fsp3) is 0.310. The van der Waals surface area contributed by atoms with Crippen LogP contribution in [0.5, 0.6) is 0 Å². The summed E-state index contributed by atoms with van der Waals surface area (Å²) in [6.07, 6.45) is 15.0. The Morgan fingerprint density at radius 3 is 2.30 bits per heavy atom. The number of para-hydroxylation sites is 1. The van der Waals surface area contributed by atoms with Gasteiger partial charge < -0.3 is 15.4 Å². The molecule has 1 aromatic carbocycles. The molecule has 208 valence electrons. The van der Waals surface area contributed by atoms with Crippen LogP contribution in [0.15, 0.2) is 61.4 Å². The Hall–Kier alpha value is -4.80. The number of aromatic nitrogens is 7. The summed E-state index contributed by atoms with van der Waals surface area (Å²) >= 11 is 0. The van der Waals surface area contributed by atoms with Crippen molar-refractivity contribution in [3.05, 3.63) is 78.7 Å². The second kappa shape index (κ2) is 13.8. The van der Waals surface area contributed by atoms with Gasteiger partial charge in [-0.15, -0.1) is 0 Å². The maximum Gasteiger partial charge on any atom is 0.356 e. The molecule has 0 atom stereocenters. The Balaban J connectivity index is 0.000000396. The number of pyridine rings is 1. The van der Waals surface area contributed by atoms with E-state index in [-0.39, 0.29) is 12.9 Å². The maximum atomic E-state index is 12.2. The summed E-state index contributed by atoms with van der Waals surface area (Å²) in [5.41, 5.74) is 9.44. The van der Waals surface area contributed by atoms with Crippen LogP contribution in [0.1, 0.15) is 73.7 Å². The van der Waals surface area contributed by atoms with Gasteiger partial charge in [-0.05, 0) is 25.3 Å². The first-order chi connectivity index (χ1) is 19.5. The number of hydrogen-bond donors (Lipinski definition) is 2. The molecule has 0 saturated carbocycles. The summed E-state index contributed by atoms with van der Waals surface area (Å²) in [7, 11) is 0. The molecule has 0 fully saturated rings. The zero-order chi connectivity index (χ0) is 28.3. The number of anilines is 1. The Bertz CT molecular complexity index is 1580. The Morgan fingerprint density at radius 1 is 0.925 bits per heavy atom. The number of unbranched alkanes of at least 4 members (excludes halogenated alkanes) is 3. The van der Waals surface area contributed by atoms with Crippen molar-refractivity contribution in [1.29, 1.82) is 0 Å². The van der Waals surface area contributed by atoms with Gasteiger partial charge in [0.15, 0.2) is 17.3 Å². The van der Waals surface area contributed by atoms with Crippen LogP contribution in [0.2, 0.25) is 0 Å². The molecule has 0 unspecified atom stereocenters. The zero-order valence-corrected chi connectivity index (χ0v) is 22.4. The van der Waals surface area contributed by atoms with E-state index in [4.69, 9.17) is 15.8 Å². The molecule has 0 bridgehead atoms. The third kappa shape index (κ3) is 6.99. The number of ketones is 1. The maximum absolute atomic E-state index is 12.2. The van der Waals surface area contributed by atoms with Crippen LogP contribution < -0.4 is 5.73 Å². The number of nitrogens with two attached hydrogens (primary N) is 1. The molecule has 5 aromatic rings. The van der Waals surface area contributed by atoms with E-state index in [0.29, 0.717) is 17.9 Å². The van der Waals surface area contributed by atoms with Gasteiger partial charge in [-0.25, -0.2) is 24.7 Å². The van der Waals surface area contributed by atoms with Crippen molar-refractivity contribution in [2.45, 2.75) is 58.4 Å². The first-order valence-electron chi connectivity index (χ1n) is 13.3. The Kier molecular flexibility index (Phi) is 9.76. The number of carbonyl (C=O) groups excluding carboxylic acids is 1. The van der Waals surface area contributed by atoms with Gasteiger partial charge in [-0.1, -0.05) is 38.0 Å². The molecule has 4 aromatic heterocycles. The number of nitrogens with zero attached hydrogens (tertiary/aromatic N) is 7. The summed E-state index contributed by atoms with van der Waals surface area (Å²) in [5, 5.41) is 9.37. The molecule has 0 amide bonds. The van der Waals surface area contributed by atoms with Crippen molar-refractivity contribution in [3.63, 3.8) is 0 Å². The number of fused-ring (bicyclic) bond motifs is 3. The summed E-state index contributed by atoms with van der Waals surface area (Å²) in [4.78, 5) is 46.9. The number of Topliss-reactive ketones (excluding diaryl/α,β-unsaturated/α-hetero) is 1. The molecule has 0 radical (unpaired) electrons. The number of benzene rings is 1. The summed E-state index contributed by atoms with van der Waals surface area (Å²) in [6, 6.07) is 8.09. The van der Waals surface area contributed by atoms with E-state index < -0.39 is 5.97 Å². The van der Waals surface area contributed by atoms with E-state index in [0.717, 1.165) is 72.8 Å². The van der Waals surface area contributed by atoms with Gasteiger partial charge in [0.25, 0.3) is 0 Å². The minimum Gasteiger partial charge on any atom is -0.476 e. The number of carbonyl (C=O) groups is 2. The molecule has 5 rings (SSSR count). The lowest BCUT2D eigenvalue weighted by Crippen LogP contribution is -2.06. The summed E-state index contributed by atoms with van der Waals surface area (Å²) in [6.45, 7) is 3.04. The average molecular weight is 544 g/mol. The lowest BCUT2D eigenvalue weighted by molar-refractivity contribution is 0.0689. The van der Waals surface area contributed by atoms with E-state index >= 15 is 0 Å². The fourth-order valence-electron chi connectivity index (χ4n) is 4.38. The third-order valence-corrected chi connectivity index (χ3v) is 6.36.